The van der Waals surface area contributed by atoms with E-state index in [1.54, 1.807) is 0 Å². The largest absolute Gasteiger partial charge is 0.494 e. The number of ketones is 1. The van der Waals surface area contributed by atoms with Crippen LogP contribution in [0.3, 0.4) is 0 Å². The zero-order chi connectivity index (χ0) is 21.5. The molecule has 1 saturated heterocycles. The Bertz CT molecular complexity index is 986. The van der Waals surface area contributed by atoms with Crippen LogP contribution in [0, 0.1) is 0 Å². The molecule has 2 aromatic carbocycles. The van der Waals surface area contributed by atoms with Crippen LogP contribution in [0.5, 0.6) is 5.75 Å². The van der Waals surface area contributed by atoms with Crippen molar-refractivity contribution < 1.29 is 14.3 Å². The highest BCUT2D eigenvalue weighted by atomic mass is 32.2. The lowest BCUT2D eigenvalue weighted by Crippen LogP contribution is -2.38. The van der Waals surface area contributed by atoms with Crippen LogP contribution in [-0.4, -0.2) is 59.2 Å². The lowest BCUT2D eigenvalue weighted by molar-refractivity contribution is 0.102. The number of aromatic nitrogens is 3. The smallest absolute Gasteiger partial charge is 0.228 e. The summed E-state index contributed by atoms with van der Waals surface area (Å²) in [4.78, 5) is 14.9. The van der Waals surface area contributed by atoms with Crippen molar-refractivity contribution in [3.05, 3.63) is 65.7 Å². The molecule has 0 radical (unpaired) electrons. The van der Waals surface area contributed by atoms with Crippen LogP contribution < -0.4 is 9.64 Å². The second kappa shape index (κ2) is 10.5. The lowest BCUT2D eigenvalue weighted by atomic mass is 10.1. The van der Waals surface area contributed by atoms with Crippen molar-refractivity contribution in [3.63, 3.8) is 0 Å². The van der Waals surface area contributed by atoms with Crippen LogP contribution in [0.2, 0.25) is 0 Å². The Labute approximate surface area is 186 Å². The minimum absolute atomic E-state index is 0.0511. The quantitative estimate of drug-likeness (QED) is 0.374. The van der Waals surface area contributed by atoms with Crippen LogP contribution in [0.1, 0.15) is 22.8 Å². The molecule has 0 amide bonds. The van der Waals surface area contributed by atoms with E-state index in [-0.39, 0.29) is 5.78 Å². The van der Waals surface area contributed by atoms with Crippen molar-refractivity contribution >= 4 is 23.5 Å². The Morgan fingerprint density at radius 3 is 2.52 bits per heavy atom. The van der Waals surface area contributed by atoms with Gasteiger partial charge in [0.25, 0.3) is 0 Å². The molecule has 1 aliphatic heterocycles. The van der Waals surface area contributed by atoms with E-state index in [0.717, 1.165) is 35.5 Å². The molecule has 1 aromatic heterocycles. The lowest BCUT2D eigenvalue weighted by Gasteiger charge is -2.28. The number of morpholine rings is 1. The molecule has 1 fully saturated rings. The highest BCUT2D eigenvalue weighted by Gasteiger charge is 2.21. The zero-order valence-corrected chi connectivity index (χ0v) is 18.4. The second-order valence-electron chi connectivity index (χ2n) is 7.12. The van der Waals surface area contributed by atoms with Gasteiger partial charge in [0.15, 0.2) is 10.9 Å². The van der Waals surface area contributed by atoms with Gasteiger partial charge in [-0.3, -0.25) is 9.36 Å². The molecule has 8 heteroatoms. The Hall–Kier alpha value is -2.84. The third-order valence-electron chi connectivity index (χ3n) is 4.99. The van der Waals surface area contributed by atoms with E-state index in [4.69, 9.17) is 9.47 Å². The van der Waals surface area contributed by atoms with Crippen molar-refractivity contribution in [1.29, 1.82) is 0 Å². The first-order valence-corrected chi connectivity index (χ1v) is 11.4. The highest BCUT2D eigenvalue weighted by Crippen LogP contribution is 2.25. The number of carbonyl (C=O) groups excluding carboxylic acids is 1. The Morgan fingerprint density at radius 2 is 1.81 bits per heavy atom. The molecule has 0 saturated carbocycles. The van der Waals surface area contributed by atoms with Gasteiger partial charge in [-0.25, -0.2) is 0 Å². The van der Waals surface area contributed by atoms with Gasteiger partial charge < -0.3 is 14.4 Å². The SMILES string of the molecule is CCOc1ccc(C(=O)CSc2nnc(N3CCOCC3)n2Cc2ccccc2)cc1. The van der Waals surface area contributed by atoms with Crippen LogP contribution in [-0.2, 0) is 11.3 Å². The van der Waals surface area contributed by atoms with E-state index in [0.29, 0.717) is 37.7 Å². The maximum absolute atomic E-state index is 12.7. The number of hydrogen-bond donors (Lipinski definition) is 0. The van der Waals surface area contributed by atoms with Crippen LogP contribution >= 0.6 is 11.8 Å². The van der Waals surface area contributed by atoms with Gasteiger partial charge in [-0.2, -0.15) is 0 Å². The highest BCUT2D eigenvalue weighted by molar-refractivity contribution is 7.99. The molecule has 1 aliphatic rings. The Kier molecular flexibility index (Phi) is 7.22. The Morgan fingerprint density at radius 1 is 1.06 bits per heavy atom. The van der Waals surface area contributed by atoms with Crippen molar-refractivity contribution in [1.82, 2.24) is 14.8 Å². The minimum atomic E-state index is 0.0511. The van der Waals surface area contributed by atoms with Gasteiger partial charge in [-0.1, -0.05) is 42.1 Å². The number of ether oxygens (including phenoxy) is 2. The fourth-order valence-corrected chi connectivity index (χ4v) is 4.23. The van der Waals surface area contributed by atoms with E-state index < -0.39 is 0 Å². The molecule has 0 N–H and O–H groups in total. The number of rotatable bonds is 9. The summed E-state index contributed by atoms with van der Waals surface area (Å²) in [5.41, 5.74) is 1.83. The predicted octanol–water partition coefficient (Wildman–Crippen LogP) is 3.54. The van der Waals surface area contributed by atoms with Crippen molar-refractivity contribution in [3.8, 4) is 5.75 Å². The average molecular weight is 439 g/mol. The summed E-state index contributed by atoms with van der Waals surface area (Å²) in [7, 11) is 0. The topological polar surface area (TPSA) is 69.5 Å². The van der Waals surface area contributed by atoms with Crippen molar-refractivity contribution in [2.24, 2.45) is 0 Å². The standard InChI is InChI=1S/C23H26N4O3S/c1-2-30-20-10-8-19(9-11-20)21(28)17-31-23-25-24-22(26-12-14-29-15-13-26)27(23)16-18-6-4-3-5-7-18/h3-11H,2,12-17H2,1H3. The fraction of sp³-hybridized carbons (Fsp3) is 0.348. The molecular formula is C23H26N4O3S. The van der Waals surface area contributed by atoms with E-state index >= 15 is 0 Å². The van der Waals surface area contributed by atoms with Gasteiger partial charge in [0.05, 0.1) is 32.1 Å². The van der Waals surface area contributed by atoms with E-state index in [9.17, 15) is 4.79 Å². The van der Waals surface area contributed by atoms with Crippen LogP contribution in [0.25, 0.3) is 0 Å². The number of anilines is 1. The van der Waals surface area contributed by atoms with Crippen LogP contribution in [0.4, 0.5) is 5.95 Å². The predicted molar refractivity (Wildman–Crippen MR) is 121 cm³/mol. The fourth-order valence-electron chi connectivity index (χ4n) is 3.41. The summed E-state index contributed by atoms with van der Waals surface area (Å²) in [5, 5.41) is 9.61. The summed E-state index contributed by atoms with van der Waals surface area (Å²) in [6.45, 7) is 6.11. The van der Waals surface area contributed by atoms with Gasteiger partial charge in [-0.05, 0) is 36.8 Å². The Balaban J connectivity index is 1.50. The molecule has 162 valence electrons. The van der Waals surface area contributed by atoms with Crippen molar-refractivity contribution in [2.75, 3.05) is 43.6 Å². The zero-order valence-electron chi connectivity index (χ0n) is 17.6. The third kappa shape index (κ3) is 5.45. The molecule has 2 heterocycles. The first-order valence-electron chi connectivity index (χ1n) is 10.4. The summed E-state index contributed by atoms with van der Waals surface area (Å²) in [6, 6.07) is 17.5. The molecule has 0 unspecified atom stereocenters. The number of nitrogens with zero attached hydrogens (tertiary/aromatic N) is 4. The number of Topliss-reactive ketones (excluding diaryl/α,β-unsaturated/α-hetero) is 1. The first-order chi connectivity index (χ1) is 15.2. The van der Waals surface area contributed by atoms with Crippen molar-refractivity contribution in [2.45, 2.75) is 18.6 Å². The molecule has 4 rings (SSSR count). The summed E-state index contributed by atoms with van der Waals surface area (Å²) in [5.74, 6) is 1.94. The molecule has 3 aromatic rings. The van der Waals surface area contributed by atoms with Gasteiger partial charge in [0.1, 0.15) is 5.75 Å². The monoisotopic (exact) mass is 438 g/mol. The van der Waals surface area contributed by atoms with E-state index in [2.05, 4.69) is 31.8 Å². The van der Waals surface area contributed by atoms with Gasteiger partial charge >= 0.3 is 0 Å². The van der Waals surface area contributed by atoms with Crippen LogP contribution in [0.15, 0.2) is 59.8 Å². The molecule has 0 atom stereocenters. The van der Waals surface area contributed by atoms with E-state index in [1.807, 2.05) is 49.4 Å². The normalized spacial score (nSPS) is 13.9. The molecule has 0 bridgehead atoms. The number of carbonyl (C=O) groups is 1. The number of benzene rings is 2. The summed E-state index contributed by atoms with van der Waals surface area (Å²) < 4.78 is 13.0. The summed E-state index contributed by atoms with van der Waals surface area (Å²) in [6.07, 6.45) is 0. The summed E-state index contributed by atoms with van der Waals surface area (Å²) >= 11 is 1.42. The average Bonchev–Trinajstić information content (AvgIpc) is 3.22. The number of thioether (sulfide) groups is 1. The molecule has 0 spiro atoms. The molecule has 0 aliphatic carbocycles. The molecule has 7 nitrogen and oxygen atoms in total. The van der Waals surface area contributed by atoms with Gasteiger partial charge in [0.2, 0.25) is 5.95 Å². The molecular weight excluding hydrogens is 412 g/mol. The minimum Gasteiger partial charge on any atom is -0.494 e. The molecule has 31 heavy (non-hydrogen) atoms. The maximum Gasteiger partial charge on any atom is 0.228 e. The van der Waals surface area contributed by atoms with Gasteiger partial charge in [-0.15, -0.1) is 10.2 Å². The van der Waals surface area contributed by atoms with Gasteiger partial charge in [0, 0.05) is 18.7 Å². The third-order valence-corrected chi connectivity index (χ3v) is 5.96. The van der Waals surface area contributed by atoms with E-state index in [1.165, 1.54) is 11.8 Å². The second-order valence-corrected chi connectivity index (χ2v) is 8.07. The maximum atomic E-state index is 12.7. The number of hydrogen-bond acceptors (Lipinski definition) is 7. The first kappa shape index (κ1) is 21.4.